The summed E-state index contributed by atoms with van der Waals surface area (Å²) in [6, 6.07) is 6.54. The standard InChI is InChI=1S/C12H10ClF3N4OS/c1-20-10(12(14,15)16)18-19-11(20)22-6-9(21)17-8-4-2-3-7(13)5-8/h2-5H,6H2,1H3,(H,17,21). The Hall–Kier alpha value is -1.74. The van der Waals surface area contributed by atoms with Crippen LogP contribution in [-0.4, -0.2) is 26.4 Å². The molecule has 0 aliphatic rings. The van der Waals surface area contributed by atoms with Gasteiger partial charge in [-0.05, 0) is 18.2 Å². The highest BCUT2D eigenvalue weighted by Crippen LogP contribution is 2.29. The number of rotatable bonds is 4. The zero-order valence-corrected chi connectivity index (χ0v) is 12.8. The molecule has 2 rings (SSSR count). The van der Waals surface area contributed by atoms with Gasteiger partial charge in [0.1, 0.15) is 0 Å². The van der Waals surface area contributed by atoms with Gasteiger partial charge in [-0.2, -0.15) is 13.2 Å². The van der Waals surface area contributed by atoms with Crippen LogP contribution in [0, 0.1) is 0 Å². The molecule has 0 saturated carbocycles. The first-order valence-corrected chi connectivity index (χ1v) is 7.28. The lowest BCUT2D eigenvalue weighted by molar-refractivity contribution is -0.147. The largest absolute Gasteiger partial charge is 0.451 e. The van der Waals surface area contributed by atoms with Crippen molar-refractivity contribution >= 4 is 35.0 Å². The number of hydrogen-bond acceptors (Lipinski definition) is 4. The van der Waals surface area contributed by atoms with Crippen LogP contribution in [0.5, 0.6) is 0 Å². The maximum absolute atomic E-state index is 12.6. The van der Waals surface area contributed by atoms with E-state index in [0.29, 0.717) is 10.7 Å². The summed E-state index contributed by atoms with van der Waals surface area (Å²) in [6.07, 6.45) is -4.58. The molecule has 0 radical (unpaired) electrons. The average molecular weight is 351 g/mol. The van der Waals surface area contributed by atoms with E-state index in [4.69, 9.17) is 11.6 Å². The van der Waals surface area contributed by atoms with Crippen LogP contribution in [0.15, 0.2) is 29.4 Å². The van der Waals surface area contributed by atoms with Crippen LogP contribution in [0.4, 0.5) is 18.9 Å². The van der Waals surface area contributed by atoms with Crippen LogP contribution in [0.3, 0.4) is 0 Å². The molecule has 0 spiro atoms. The number of anilines is 1. The maximum Gasteiger partial charge on any atom is 0.451 e. The first-order valence-electron chi connectivity index (χ1n) is 5.92. The van der Waals surface area contributed by atoms with Gasteiger partial charge in [-0.25, -0.2) is 0 Å². The minimum atomic E-state index is -4.58. The Bertz CT molecular complexity index is 689. The quantitative estimate of drug-likeness (QED) is 0.860. The van der Waals surface area contributed by atoms with Gasteiger partial charge in [0.15, 0.2) is 5.16 Å². The van der Waals surface area contributed by atoms with Crippen molar-refractivity contribution < 1.29 is 18.0 Å². The molecule has 0 aliphatic carbocycles. The van der Waals surface area contributed by atoms with Crippen LogP contribution in [0.1, 0.15) is 5.82 Å². The summed E-state index contributed by atoms with van der Waals surface area (Å²) >= 11 is 6.64. The molecule has 0 aliphatic heterocycles. The van der Waals surface area contributed by atoms with E-state index in [9.17, 15) is 18.0 Å². The normalized spacial score (nSPS) is 11.5. The van der Waals surface area contributed by atoms with Gasteiger partial charge in [0.25, 0.3) is 0 Å². The predicted molar refractivity (Wildman–Crippen MR) is 76.8 cm³/mol. The van der Waals surface area contributed by atoms with Gasteiger partial charge in [-0.3, -0.25) is 4.79 Å². The van der Waals surface area contributed by atoms with E-state index in [1.807, 2.05) is 0 Å². The Kier molecular flexibility index (Phi) is 4.97. The molecular formula is C12H10ClF3N4OS. The van der Waals surface area contributed by atoms with Crippen molar-refractivity contribution in [1.29, 1.82) is 0 Å². The molecule has 1 aromatic carbocycles. The number of carbonyl (C=O) groups excluding carboxylic acids is 1. The van der Waals surface area contributed by atoms with Gasteiger partial charge >= 0.3 is 6.18 Å². The third-order valence-electron chi connectivity index (χ3n) is 2.53. The summed E-state index contributed by atoms with van der Waals surface area (Å²) in [5.74, 6) is -1.59. The van der Waals surface area contributed by atoms with E-state index in [1.165, 1.54) is 7.05 Å². The Morgan fingerprint density at radius 3 is 2.73 bits per heavy atom. The molecule has 118 valence electrons. The van der Waals surface area contributed by atoms with Gasteiger partial charge in [-0.1, -0.05) is 29.4 Å². The van der Waals surface area contributed by atoms with Gasteiger partial charge in [0, 0.05) is 17.8 Å². The van der Waals surface area contributed by atoms with Crippen molar-refractivity contribution in [2.24, 2.45) is 7.05 Å². The molecule has 0 bridgehead atoms. The number of amides is 1. The minimum absolute atomic E-state index is 0.00793. The highest BCUT2D eigenvalue weighted by molar-refractivity contribution is 7.99. The third kappa shape index (κ3) is 4.14. The molecule has 22 heavy (non-hydrogen) atoms. The maximum atomic E-state index is 12.6. The fourth-order valence-electron chi connectivity index (χ4n) is 1.58. The number of halogens is 4. The fraction of sp³-hybridized carbons (Fsp3) is 0.250. The second-order valence-corrected chi connectivity index (χ2v) is 5.59. The van der Waals surface area contributed by atoms with Crippen LogP contribution in [0.2, 0.25) is 5.02 Å². The molecule has 0 unspecified atom stereocenters. The van der Waals surface area contributed by atoms with Crippen molar-refractivity contribution in [1.82, 2.24) is 14.8 Å². The highest BCUT2D eigenvalue weighted by atomic mass is 35.5. The SMILES string of the molecule is Cn1c(SCC(=O)Nc2cccc(Cl)c2)nnc1C(F)(F)F. The van der Waals surface area contributed by atoms with Crippen molar-refractivity contribution in [3.63, 3.8) is 0 Å². The first-order chi connectivity index (χ1) is 10.3. The monoisotopic (exact) mass is 350 g/mol. The molecule has 10 heteroatoms. The zero-order chi connectivity index (χ0) is 16.3. The average Bonchev–Trinajstić information content (AvgIpc) is 2.77. The van der Waals surface area contributed by atoms with Gasteiger partial charge in [0.05, 0.1) is 5.75 Å². The number of benzene rings is 1. The van der Waals surface area contributed by atoms with Crippen molar-refractivity contribution in [3.05, 3.63) is 35.1 Å². The predicted octanol–water partition coefficient (Wildman–Crippen LogP) is 3.22. The molecule has 2 aromatic rings. The highest BCUT2D eigenvalue weighted by Gasteiger charge is 2.37. The smallest absolute Gasteiger partial charge is 0.325 e. The van der Waals surface area contributed by atoms with E-state index in [1.54, 1.807) is 24.3 Å². The minimum Gasteiger partial charge on any atom is -0.325 e. The molecule has 0 atom stereocenters. The summed E-state index contributed by atoms with van der Waals surface area (Å²) in [5.41, 5.74) is 0.507. The second kappa shape index (κ2) is 6.57. The van der Waals surface area contributed by atoms with Crippen LogP contribution in [-0.2, 0) is 18.0 Å². The fourth-order valence-corrected chi connectivity index (χ4v) is 2.48. The van der Waals surface area contributed by atoms with E-state index >= 15 is 0 Å². The molecule has 1 aromatic heterocycles. The lowest BCUT2D eigenvalue weighted by Gasteiger charge is -2.07. The molecule has 1 heterocycles. The Morgan fingerprint density at radius 2 is 2.14 bits per heavy atom. The lowest BCUT2D eigenvalue weighted by Crippen LogP contribution is -2.15. The van der Waals surface area contributed by atoms with Crippen molar-refractivity contribution in [3.8, 4) is 0 Å². The second-order valence-electron chi connectivity index (χ2n) is 4.21. The molecular weight excluding hydrogens is 341 g/mol. The summed E-state index contributed by atoms with van der Waals surface area (Å²) in [5, 5.41) is 9.57. The number of nitrogens with one attached hydrogen (secondary N) is 1. The first kappa shape index (κ1) is 16.6. The van der Waals surface area contributed by atoms with Crippen LogP contribution in [0.25, 0.3) is 0 Å². The Labute approximate surface area is 132 Å². The zero-order valence-electron chi connectivity index (χ0n) is 11.2. The Balaban J connectivity index is 1.96. The summed E-state index contributed by atoms with van der Waals surface area (Å²) in [6.45, 7) is 0. The van der Waals surface area contributed by atoms with Crippen LogP contribution >= 0.6 is 23.4 Å². The van der Waals surface area contributed by atoms with E-state index in [-0.39, 0.29) is 16.8 Å². The third-order valence-corrected chi connectivity index (χ3v) is 3.78. The van der Waals surface area contributed by atoms with E-state index in [0.717, 1.165) is 16.3 Å². The summed E-state index contributed by atoms with van der Waals surface area (Å²) in [4.78, 5) is 11.8. The molecule has 0 saturated heterocycles. The summed E-state index contributed by atoms with van der Waals surface area (Å²) in [7, 11) is 1.19. The Morgan fingerprint density at radius 1 is 1.41 bits per heavy atom. The number of alkyl halides is 3. The molecule has 1 N–H and O–H groups in total. The van der Waals surface area contributed by atoms with Crippen molar-refractivity contribution in [2.45, 2.75) is 11.3 Å². The number of hydrogen-bond donors (Lipinski definition) is 1. The summed E-state index contributed by atoms with van der Waals surface area (Å²) < 4.78 is 38.5. The van der Waals surface area contributed by atoms with E-state index in [2.05, 4.69) is 15.5 Å². The van der Waals surface area contributed by atoms with Crippen LogP contribution < -0.4 is 5.32 Å². The number of thioether (sulfide) groups is 1. The molecule has 1 amide bonds. The van der Waals surface area contributed by atoms with Gasteiger partial charge in [0.2, 0.25) is 11.7 Å². The number of nitrogens with zero attached hydrogens (tertiary/aromatic N) is 3. The molecule has 5 nitrogen and oxygen atoms in total. The van der Waals surface area contributed by atoms with Crippen molar-refractivity contribution in [2.75, 3.05) is 11.1 Å². The number of carbonyl (C=O) groups is 1. The lowest BCUT2D eigenvalue weighted by atomic mass is 10.3. The number of aromatic nitrogens is 3. The topological polar surface area (TPSA) is 59.8 Å². The molecule has 0 fully saturated rings. The van der Waals surface area contributed by atoms with Gasteiger partial charge in [-0.15, -0.1) is 10.2 Å². The van der Waals surface area contributed by atoms with Gasteiger partial charge < -0.3 is 9.88 Å². The van der Waals surface area contributed by atoms with E-state index < -0.39 is 12.0 Å².